The summed E-state index contributed by atoms with van der Waals surface area (Å²) in [4.78, 5) is 6.00. The molecule has 1 aliphatic rings. The molecule has 0 aliphatic heterocycles. The van der Waals surface area contributed by atoms with Gasteiger partial charge in [-0.3, -0.25) is 0 Å². The van der Waals surface area contributed by atoms with E-state index in [2.05, 4.69) is 64.5 Å². The molecule has 1 saturated carbocycles. The lowest BCUT2D eigenvalue weighted by molar-refractivity contribution is 0.725. The molecule has 1 aromatic heterocycles. The number of para-hydroxylation sites is 1. The third-order valence-electron chi connectivity index (χ3n) is 4.70. The molecule has 1 fully saturated rings. The van der Waals surface area contributed by atoms with E-state index in [1.807, 2.05) is 18.2 Å². The first-order valence-electron chi connectivity index (χ1n) is 8.68. The molecule has 5 rings (SSSR count). The molecule has 0 bridgehead atoms. The number of benzene rings is 3. The van der Waals surface area contributed by atoms with Crippen molar-refractivity contribution in [3.63, 3.8) is 0 Å². The Balaban J connectivity index is 1.74. The smallest absolute Gasteiger partial charge is 0.190 e. The fourth-order valence-electron chi connectivity index (χ4n) is 3.35. The van der Waals surface area contributed by atoms with E-state index >= 15 is 0 Å². The van der Waals surface area contributed by atoms with Gasteiger partial charge in [-0.05, 0) is 35.7 Å². The van der Waals surface area contributed by atoms with Crippen molar-refractivity contribution in [2.75, 3.05) is 0 Å². The minimum Gasteiger partial charge on any atom is -0.313 e. The van der Waals surface area contributed by atoms with Crippen LogP contribution in [-0.2, 0) is 0 Å². The van der Waals surface area contributed by atoms with E-state index in [0.717, 1.165) is 10.5 Å². The molecular weight excluding hydrogens is 324 g/mol. The standard InChI is InChI=1S/C22H18N2S/c1-2-9-17(10-3-1)23-22-24(18-13-14-18)21(15-25-22)20-12-6-8-16-7-4-5-11-19(16)20/h1-12,15,18H,13-14H2. The molecule has 25 heavy (non-hydrogen) atoms. The summed E-state index contributed by atoms with van der Waals surface area (Å²) in [5.41, 5.74) is 3.61. The molecule has 0 atom stereocenters. The van der Waals surface area contributed by atoms with Crippen LogP contribution in [0.5, 0.6) is 0 Å². The highest BCUT2D eigenvalue weighted by molar-refractivity contribution is 7.07. The van der Waals surface area contributed by atoms with Gasteiger partial charge in [0.2, 0.25) is 0 Å². The van der Waals surface area contributed by atoms with Gasteiger partial charge in [0, 0.05) is 17.0 Å². The molecule has 0 N–H and O–H groups in total. The second-order valence-corrected chi connectivity index (χ2v) is 7.32. The molecule has 0 saturated heterocycles. The highest BCUT2D eigenvalue weighted by atomic mass is 32.1. The molecule has 0 unspecified atom stereocenters. The van der Waals surface area contributed by atoms with E-state index in [9.17, 15) is 0 Å². The van der Waals surface area contributed by atoms with Gasteiger partial charge in [0.25, 0.3) is 0 Å². The maximum atomic E-state index is 4.91. The van der Waals surface area contributed by atoms with Crippen LogP contribution in [0, 0.1) is 0 Å². The average Bonchev–Trinajstić information content (AvgIpc) is 3.43. The van der Waals surface area contributed by atoms with E-state index in [1.54, 1.807) is 11.3 Å². The molecule has 0 spiro atoms. The quantitative estimate of drug-likeness (QED) is 0.438. The van der Waals surface area contributed by atoms with Gasteiger partial charge in [-0.15, -0.1) is 11.3 Å². The van der Waals surface area contributed by atoms with Gasteiger partial charge in [0.1, 0.15) is 0 Å². The lowest BCUT2D eigenvalue weighted by Gasteiger charge is -2.10. The molecule has 1 aliphatic carbocycles. The van der Waals surface area contributed by atoms with Crippen molar-refractivity contribution in [2.45, 2.75) is 18.9 Å². The van der Waals surface area contributed by atoms with Crippen LogP contribution in [0.25, 0.3) is 22.0 Å². The van der Waals surface area contributed by atoms with Crippen LogP contribution in [0.2, 0.25) is 0 Å². The topological polar surface area (TPSA) is 17.3 Å². The Hall–Kier alpha value is -2.65. The summed E-state index contributed by atoms with van der Waals surface area (Å²) in [6.45, 7) is 0. The summed E-state index contributed by atoms with van der Waals surface area (Å²) in [5, 5.41) is 4.86. The van der Waals surface area contributed by atoms with E-state index in [-0.39, 0.29) is 0 Å². The molecule has 0 amide bonds. The summed E-state index contributed by atoms with van der Waals surface area (Å²) >= 11 is 1.74. The Labute approximate surface area is 150 Å². The lowest BCUT2D eigenvalue weighted by atomic mass is 10.0. The molecule has 3 heteroatoms. The average molecular weight is 342 g/mol. The zero-order chi connectivity index (χ0) is 16.6. The van der Waals surface area contributed by atoms with Crippen LogP contribution in [-0.4, -0.2) is 4.57 Å². The minimum absolute atomic E-state index is 0.586. The van der Waals surface area contributed by atoms with Crippen molar-refractivity contribution in [3.05, 3.63) is 83.0 Å². The van der Waals surface area contributed by atoms with Gasteiger partial charge in [0.05, 0.1) is 11.4 Å². The molecule has 1 heterocycles. The fraction of sp³-hybridized carbons (Fsp3) is 0.136. The Morgan fingerprint density at radius 2 is 1.60 bits per heavy atom. The Morgan fingerprint density at radius 3 is 2.44 bits per heavy atom. The zero-order valence-electron chi connectivity index (χ0n) is 13.8. The first-order chi connectivity index (χ1) is 12.4. The van der Waals surface area contributed by atoms with Gasteiger partial charge in [-0.1, -0.05) is 60.7 Å². The van der Waals surface area contributed by atoms with Gasteiger partial charge >= 0.3 is 0 Å². The fourth-order valence-corrected chi connectivity index (χ4v) is 4.32. The number of rotatable bonds is 3. The number of aromatic nitrogens is 1. The first kappa shape index (κ1) is 14.7. The van der Waals surface area contributed by atoms with Crippen LogP contribution in [0.1, 0.15) is 18.9 Å². The van der Waals surface area contributed by atoms with Crippen LogP contribution in [0.15, 0.2) is 83.2 Å². The highest BCUT2D eigenvalue weighted by Crippen LogP contribution is 2.39. The molecule has 4 aromatic rings. The van der Waals surface area contributed by atoms with Crippen molar-refractivity contribution < 1.29 is 0 Å². The van der Waals surface area contributed by atoms with E-state index in [4.69, 9.17) is 4.99 Å². The van der Waals surface area contributed by atoms with Gasteiger partial charge < -0.3 is 4.57 Å². The van der Waals surface area contributed by atoms with Crippen molar-refractivity contribution in [2.24, 2.45) is 4.99 Å². The Morgan fingerprint density at radius 1 is 0.840 bits per heavy atom. The number of fused-ring (bicyclic) bond motifs is 1. The summed E-state index contributed by atoms with van der Waals surface area (Å²) < 4.78 is 2.44. The maximum absolute atomic E-state index is 4.91. The normalized spacial score (nSPS) is 15.0. The summed E-state index contributed by atoms with van der Waals surface area (Å²) in [7, 11) is 0. The molecule has 3 aromatic carbocycles. The van der Waals surface area contributed by atoms with Crippen molar-refractivity contribution in [3.8, 4) is 11.3 Å². The van der Waals surface area contributed by atoms with E-state index in [0.29, 0.717) is 6.04 Å². The number of hydrogen-bond donors (Lipinski definition) is 0. The maximum Gasteiger partial charge on any atom is 0.190 e. The summed E-state index contributed by atoms with van der Waals surface area (Å²) in [6, 6.07) is 26.0. The molecule has 122 valence electrons. The van der Waals surface area contributed by atoms with Crippen molar-refractivity contribution >= 4 is 27.8 Å². The van der Waals surface area contributed by atoms with E-state index in [1.165, 1.54) is 34.9 Å². The lowest BCUT2D eigenvalue weighted by Crippen LogP contribution is -2.14. The zero-order valence-corrected chi connectivity index (χ0v) is 14.6. The van der Waals surface area contributed by atoms with Crippen LogP contribution >= 0.6 is 11.3 Å². The third kappa shape index (κ3) is 2.71. The van der Waals surface area contributed by atoms with Crippen LogP contribution in [0.4, 0.5) is 5.69 Å². The second-order valence-electron chi connectivity index (χ2n) is 6.48. The Bertz CT molecular complexity index is 1100. The highest BCUT2D eigenvalue weighted by Gasteiger charge is 2.27. The molecule has 2 nitrogen and oxygen atoms in total. The minimum atomic E-state index is 0.586. The summed E-state index contributed by atoms with van der Waals surface area (Å²) in [6.07, 6.45) is 2.49. The van der Waals surface area contributed by atoms with Crippen molar-refractivity contribution in [1.82, 2.24) is 4.57 Å². The number of hydrogen-bond acceptors (Lipinski definition) is 2. The molecule has 0 radical (unpaired) electrons. The van der Waals surface area contributed by atoms with Crippen LogP contribution < -0.4 is 4.80 Å². The summed E-state index contributed by atoms with van der Waals surface area (Å²) in [5.74, 6) is 0. The predicted octanol–water partition coefficient (Wildman–Crippen LogP) is 5.94. The van der Waals surface area contributed by atoms with Crippen LogP contribution in [0.3, 0.4) is 0 Å². The SMILES string of the molecule is c1ccc(N=c2scc(-c3cccc4ccccc34)n2C2CC2)cc1. The Kier molecular flexibility index (Phi) is 3.53. The van der Waals surface area contributed by atoms with Gasteiger partial charge in [-0.2, -0.15) is 0 Å². The monoisotopic (exact) mass is 342 g/mol. The number of thiazole rings is 1. The first-order valence-corrected chi connectivity index (χ1v) is 9.56. The van der Waals surface area contributed by atoms with Gasteiger partial charge in [0.15, 0.2) is 4.80 Å². The largest absolute Gasteiger partial charge is 0.313 e. The van der Waals surface area contributed by atoms with Gasteiger partial charge in [-0.25, -0.2) is 4.99 Å². The van der Waals surface area contributed by atoms with Crippen molar-refractivity contribution in [1.29, 1.82) is 0 Å². The number of nitrogens with zero attached hydrogens (tertiary/aromatic N) is 2. The predicted molar refractivity (Wildman–Crippen MR) is 105 cm³/mol. The second kappa shape index (κ2) is 6.01. The molecular formula is C22H18N2S. The third-order valence-corrected chi connectivity index (χ3v) is 5.54. The van der Waals surface area contributed by atoms with E-state index < -0.39 is 0 Å².